The molecule has 0 radical (unpaired) electrons. The van der Waals surface area contributed by atoms with E-state index in [1.165, 1.54) is 32.4 Å². The standard InChI is InChI=1S/C31H34O14/c1-16(32)40-15-25-27(41-17(2)33)28(42-18(3)34)29(43-19(4)35)31(44-25)45-26-23(38-5)13-20(14-24(26)39-6)12-22(30(36)37)21-10-8-7-9-11-21/h7-14,25,27-29,31H,15H2,1-6H3,(H,36,37)/t25-,27-,28+,29+,31-/m1/s1. The Kier molecular flexibility index (Phi) is 11.9. The highest BCUT2D eigenvalue weighted by molar-refractivity contribution is 6.20. The lowest BCUT2D eigenvalue weighted by Gasteiger charge is -2.44. The summed E-state index contributed by atoms with van der Waals surface area (Å²) < 4.78 is 44.6. The summed E-state index contributed by atoms with van der Waals surface area (Å²) in [4.78, 5) is 60.0. The van der Waals surface area contributed by atoms with Crippen molar-refractivity contribution >= 4 is 41.5 Å². The first-order valence-corrected chi connectivity index (χ1v) is 13.6. The van der Waals surface area contributed by atoms with Crippen LogP contribution in [0, 0.1) is 0 Å². The monoisotopic (exact) mass is 630 g/mol. The molecule has 5 atom stereocenters. The third kappa shape index (κ3) is 9.19. The van der Waals surface area contributed by atoms with Gasteiger partial charge in [-0.25, -0.2) is 4.79 Å². The number of carbonyl (C=O) groups excluding carboxylic acids is 4. The van der Waals surface area contributed by atoms with Crippen LogP contribution in [0.15, 0.2) is 42.5 Å². The van der Waals surface area contributed by atoms with E-state index in [0.29, 0.717) is 11.1 Å². The van der Waals surface area contributed by atoms with E-state index in [2.05, 4.69) is 0 Å². The Balaban J connectivity index is 2.12. The van der Waals surface area contributed by atoms with Gasteiger partial charge in [-0.05, 0) is 29.3 Å². The van der Waals surface area contributed by atoms with E-state index < -0.39 is 67.2 Å². The summed E-state index contributed by atoms with van der Waals surface area (Å²) in [6, 6.07) is 11.4. The molecule has 0 saturated carbocycles. The third-order valence-corrected chi connectivity index (χ3v) is 6.29. The van der Waals surface area contributed by atoms with Gasteiger partial charge in [0.05, 0.1) is 19.8 Å². The first kappa shape index (κ1) is 34.4. The van der Waals surface area contributed by atoms with Crippen molar-refractivity contribution in [1.29, 1.82) is 0 Å². The van der Waals surface area contributed by atoms with E-state index >= 15 is 0 Å². The molecule has 3 rings (SSSR count). The zero-order chi connectivity index (χ0) is 33.3. The van der Waals surface area contributed by atoms with Gasteiger partial charge in [0.2, 0.25) is 18.1 Å². The Morgan fingerprint density at radius 1 is 0.778 bits per heavy atom. The van der Waals surface area contributed by atoms with Gasteiger partial charge in [-0.1, -0.05) is 30.3 Å². The Labute approximate surface area is 258 Å². The number of aliphatic carboxylic acids is 1. The molecule has 0 amide bonds. The maximum Gasteiger partial charge on any atom is 0.336 e. The molecular formula is C31H34O14. The molecule has 0 aliphatic carbocycles. The van der Waals surface area contributed by atoms with E-state index in [1.807, 2.05) is 0 Å². The summed E-state index contributed by atoms with van der Waals surface area (Å²) in [5.74, 6) is -4.18. The van der Waals surface area contributed by atoms with Gasteiger partial charge in [-0.15, -0.1) is 0 Å². The maximum absolute atomic E-state index is 12.2. The largest absolute Gasteiger partial charge is 0.493 e. The zero-order valence-corrected chi connectivity index (χ0v) is 25.5. The van der Waals surface area contributed by atoms with Gasteiger partial charge in [0.1, 0.15) is 12.7 Å². The van der Waals surface area contributed by atoms with Crippen LogP contribution in [0.3, 0.4) is 0 Å². The molecule has 45 heavy (non-hydrogen) atoms. The van der Waals surface area contributed by atoms with Crippen LogP contribution < -0.4 is 14.2 Å². The van der Waals surface area contributed by atoms with E-state index in [4.69, 9.17) is 37.9 Å². The summed E-state index contributed by atoms with van der Waals surface area (Å²) in [5, 5.41) is 9.87. The number of esters is 4. The average molecular weight is 631 g/mol. The van der Waals surface area contributed by atoms with Crippen molar-refractivity contribution < 1.29 is 67.0 Å². The van der Waals surface area contributed by atoms with Crippen molar-refractivity contribution in [3.8, 4) is 17.2 Å². The summed E-state index contributed by atoms with van der Waals surface area (Å²) >= 11 is 0. The van der Waals surface area contributed by atoms with Crippen molar-refractivity contribution in [2.24, 2.45) is 0 Å². The predicted molar refractivity (Wildman–Crippen MR) is 154 cm³/mol. The van der Waals surface area contributed by atoms with Gasteiger partial charge in [0, 0.05) is 27.7 Å². The van der Waals surface area contributed by atoms with Crippen LogP contribution in [-0.2, 0) is 47.7 Å². The zero-order valence-electron chi connectivity index (χ0n) is 25.5. The van der Waals surface area contributed by atoms with E-state index in [1.54, 1.807) is 30.3 Å². The molecule has 1 heterocycles. The first-order chi connectivity index (χ1) is 21.3. The minimum Gasteiger partial charge on any atom is -0.493 e. The van der Waals surface area contributed by atoms with Crippen molar-refractivity contribution in [2.45, 2.75) is 58.4 Å². The fourth-order valence-electron chi connectivity index (χ4n) is 4.55. The van der Waals surface area contributed by atoms with Gasteiger partial charge in [-0.3, -0.25) is 19.2 Å². The number of hydrogen-bond acceptors (Lipinski definition) is 13. The SMILES string of the molecule is COc1cc(C=C(C(=O)O)c2ccccc2)cc(OC)c1O[C@H]1O[C@H](COC(C)=O)[C@@H](OC(C)=O)[C@H](OC(C)=O)[C@@H]1OC(C)=O. The molecular weight excluding hydrogens is 596 g/mol. The second-order valence-electron chi connectivity index (χ2n) is 9.67. The molecule has 1 fully saturated rings. The molecule has 1 saturated heterocycles. The smallest absolute Gasteiger partial charge is 0.336 e. The van der Waals surface area contributed by atoms with Crippen LogP contribution >= 0.6 is 0 Å². The molecule has 1 N–H and O–H groups in total. The Hall–Kier alpha value is -5.11. The minimum absolute atomic E-state index is 0.00652. The fraction of sp³-hybridized carbons (Fsp3) is 0.387. The van der Waals surface area contributed by atoms with E-state index in [-0.39, 0.29) is 22.8 Å². The summed E-state index contributed by atoms with van der Waals surface area (Å²) in [5.41, 5.74) is 0.826. The summed E-state index contributed by atoms with van der Waals surface area (Å²) in [6.07, 6.45) is -5.73. The van der Waals surface area contributed by atoms with Crippen molar-refractivity contribution in [1.82, 2.24) is 0 Å². The molecule has 14 nitrogen and oxygen atoms in total. The molecule has 0 aromatic heterocycles. The van der Waals surface area contributed by atoms with Crippen LogP contribution in [-0.4, -0.2) is 86.5 Å². The highest BCUT2D eigenvalue weighted by atomic mass is 16.7. The van der Waals surface area contributed by atoms with Crippen molar-refractivity contribution in [3.05, 3.63) is 53.6 Å². The number of carboxylic acids is 1. The Bertz CT molecular complexity index is 1410. The van der Waals surface area contributed by atoms with Crippen LogP contribution in [0.4, 0.5) is 0 Å². The lowest BCUT2D eigenvalue weighted by molar-refractivity contribution is -0.288. The number of carboxylic acid groups (broad SMARTS) is 1. The van der Waals surface area contributed by atoms with Gasteiger partial charge in [0.15, 0.2) is 23.7 Å². The highest BCUT2D eigenvalue weighted by Gasteiger charge is 2.53. The molecule has 14 heteroatoms. The molecule has 1 aliphatic heterocycles. The van der Waals surface area contributed by atoms with Gasteiger partial charge >= 0.3 is 29.8 Å². The molecule has 2 aromatic carbocycles. The first-order valence-electron chi connectivity index (χ1n) is 13.6. The minimum atomic E-state index is -1.56. The molecule has 0 spiro atoms. The number of methoxy groups -OCH3 is 2. The van der Waals surface area contributed by atoms with Crippen LogP contribution in [0.5, 0.6) is 17.2 Å². The van der Waals surface area contributed by atoms with Gasteiger partial charge in [-0.2, -0.15) is 0 Å². The number of hydrogen-bond donors (Lipinski definition) is 1. The van der Waals surface area contributed by atoms with Gasteiger partial charge in [0.25, 0.3) is 0 Å². The van der Waals surface area contributed by atoms with Crippen molar-refractivity contribution in [2.75, 3.05) is 20.8 Å². The van der Waals surface area contributed by atoms with E-state index in [0.717, 1.165) is 27.7 Å². The lowest BCUT2D eigenvalue weighted by Crippen LogP contribution is -2.63. The maximum atomic E-state index is 12.2. The molecule has 0 unspecified atom stereocenters. The second kappa shape index (κ2) is 15.6. The van der Waals surface area contributed by atoms with Crippen LogP contribution in [0.2, 0.25) is 0 Å². The summed E-state index contributed by atoms with van der Waals surface area (Å²) in [7, 11) is 2.66. The highest BCUT2D eigenvalue weighted by Crippen LogP contribution is 2.42. The van der Waals surface area contributed by atoms with Crippen LogP contribution in [0.25, 0.3) is 11.6 Å². The number of rotatable bonds is 12. The third-order valence-electron chi connectivity index (χ3n) is 6.29. The normalized spacial score (nSPS) is 21.1. The summed E-state index contributed by atoms with van der Waals surface area (Å²) in [6.45, 7) is 4.01. The topological polar surface area (TPSA) is 179 Å². The molecule has 1 aliphatic rings. The molecule has 242 valence electrons. The number of carbonyl (C=O) groups is 5. The molecule has 2 aromatic rings. The quantitative estimate of drug-likeness (QED) is 0.157. The second-order valence-corrected chi connectivity index (χ2v) is 9.67. The Morgan fingerprint density at radius 2 is 1.31 bits per heavy atom. The number of ether oxygens (including phenoxy) is 8. The molecule has 0 bridgehead atoms. The van der Waals surface area contributed by atoms with Crippen LogP contribution in [0.1, 0.15) is 38.8 Å². The van der Waals surface area contributed by atoms with Gasteiger partial charge < -0.3 is 43.0 Å². The van der Waals surface area contributed by atoms with E-state index in [9.17, 15) is 29.1 Å². The number of benzene rings is 2. The predicted octanol–water partition coefficient (Wildman–Crippen LogP) is 2.79. The lowest BCUT2D eigenvalue weighted by atomic mass is 9.98. The van der Waals surface area contributed by atoms with Crippen molar-refractivity contribution in [3.63, 3.8) is 0 Å². The Morgan fingerprint density at radius 3 is 1.80 bits per heavy atom. The fourth-order valence-corrected chi connectivity index (χ4v) is 4.55. The average Bonchev–Trinajstić information content (AvgIpc) is 2.97.